The van der Waals surface area contributed by atoms with E-state index in [0.29, 0.717) is 23.6 Å². The smallest absolute Gasteiger partial charge is 0.331 e. The molecule has 5 rings (SSSR count). The number of benzene rings is 1. The van der Waals surface area contributed by atoms with Crippen LogP contribution in [0.4, 0.5) is 0 Å². The van der Waals surface area contributed by atoms with Crippen molar-refractivity contribution in [2.75, 3.05) is 27.4 Å². The first-order valence-electron chi connectivity index (χ1n) is 10.8. The van der Waals surface area contributed by atoms with Crippen LogP contribution in [0.2, 0.25) is 0 Å². The van der Waals surface area contributed by atoms with Gasteiger partial charge in [0.25, 0.3) is 5.91 Å². The van der Waals surface area contributed by atoms with Crippen LogP contribution >= 0.6 is 0 Å². The maximum absolute atomic E-state index is 12.2. The van der Waals surface area contributed by atoms with Gasteiger partial charge in [-0.1, -0.05) is 0 Å². The van der Waals surface area contributed by atoms with Crippen molar-refractivity contribution in [3.63, 3.8) is 0 Å². The molecule has 0 saturated heterocycles. The Morgan fingerprint density at radius 3 is 2.33 bits per heavy atom. The lowest BCUT2D eigenvalue weighted by Crippen LogP contribution is -2.51. The van der Waals surface area contributed by atoms with Crippen LogP contribution in [0.15, 0.2) is 24.3 Å². The molecule has 0 atom stereocenters. The molecule has 0 radical (unpaired) electrons. The van der Waals surface area contributed by atoms with E-state index >= 15 is 0 Å². The second-order valence-electron chi connectivity index (χ2n) is 9.24. The van der Waals surface area contributed by atoms with Gasteiger partial charge in [0.15, 0.2) is 6.61 Å². The van der Waals surface area contributed by atoms with Crippen LogP contribution in [-0.2, 0) is 14.3 Å². The van der Waals surface area contributed by atoms with Crippen molar-refractivity contribution in [3.8, 4) is 11.5 Å². The van der Waals surface area contributed by atoms with Crippen LogP contribution < -0.4 is 14.8 Å². The summed E-state index contributed by atoms with van der Waals surface area (Å²) in [7, 11) is 3.14. The standard InChI is InChI=1S/C24H31NO5/c1-28-20-4-5-21(29-2)19(10-20)3-6-23(27)30-14-22(26)25-15-24-11-16-7-17(12-24)9-18(8-16)13-24/h3-6,10,16-18H,7-9,11-15H2,1-2H3,(H,25,26)/b6-3+. The quantitative estimate of drug-likeness (QED) is 0.521. The molecule has 4 bridgehead atoms. The molecule has 30 heavy (non-hydrogen) atoms. The van der Waals surface area contributed by atoms with E-state index in [-0.39, 0.29) is 17.9 Å². The molecule has 0 heterocycles. The zero-order valence-corrected chi connectivity index (χ0v) is 17.8. The SMILES string of the molecule is COc1ccc(OC)c(/C=C/C(=O)OCC(=O)NCC23CC4CC(CC(C4)C2)C3)c1. The topological polar surface area (TPSA) is 73.9 Å². The molecule has 0 aliphatic heterocycles. The third kappa shape index (κ3) is 4.63. The molecule has 0 aromatic heterocycles. The van der Waals surface area contributed by atoms with E-state index in [1.807, 2.05) is 0 Å². The van der Waals surface area contributed by atoms with E-state index in [9.17, 15) is 9.59 Å². The predicted molar refractivity (Wildman–Crippen MR) is 113 cm³/mol. The number of nitrogens with one attached hydrogen (secondary N) is 1. The molecule has 4 fully saturated rings. The number of carbonyl (C=O) groups excluding carboxylic acids is 2. The van der Waals surface area contributed by atoms with E-state index in [1.165, 1.54) is 44.6 Å². The minimum Gasteiger partial charge on any atom is -0.497 e. The van der Waals surface area contributed by atoms with Crippen LogP contribution in [0.25, 0.3) is 6.08 Å². The lowest BCUT2D eigenvalue weighted by molar-refractivity contribution is -0.144. The van der Waals surface area contributed by atoms with Crippen molar-refractivity contribution in [1.29, 1.82) is 0 Å². The Labute approximate surface area is 178 Å². The van der Waals surface area contributed by atoms with Crippen molar-refractivity contribution in [1.82, 2.24) is 5.32 Å². The van der Waals surface area contributed by atoms with Crippen molar-refractivity contribution in [2.45, 2.75) is 38.5 Å². The van der Waals surface area contributed by atoms with E-state index in [4.69, 9.17) is 14.2 Å². The molecular weight excluding hydrogens is 382 g/mol. The highest BCUT2D eigenvalue weighted by Crippen LogP contribution is 2.59. The van der Waals surface area contributed by atoms with Gasteiger partial charge in [-0.05, 0) is 86.0 Å². The molecule has 1 N–H and O–H groups in total. The number of hydrogen-bond acceptors (Lipinski definition) is 5. The molecule has 0 spiro atoms. The van der Waals surface area contributed by atoms with Gasteiger partial charge in [-0.15, -0.1) is 0 Å². The Bertz CT molecular complexity index is 796. The van der Waals surface area contributed by atoms with Crippen LogP contribution in [0.3, 0.4) is 0 Å². The zero-order chi connectivity index (χ0) is 21.1. The molecule has 4 aliphatic rings. The average Bonchev–Trinajstić information content (AvgIpc) is 2.73. The summed E-state index contributed by atoms with van der Waals surface area (Å²) in [5, 5.41) is 3.03. The summed E-state index contributed by atoms with van der Waals surface area (Å²) < 4.78 is 15.6. The third-order valence-electron chi connectivity index (χ3n) is 7.01. The Kier molecular flexibility index (Phi) is 6.02. The minimum atomic E-state index is -0.565. The number of esters is 1. The van der Waals surface area contributed by atoms with E-state index < -0.39 is 5.97 Å². The van der Waals surface area contributed by atoms with E-state index in [0.717, 1.165) is 17.8 Å². The van der Waals surface area contributed by atoms with Crippen LogP contribution in [-0.4, -0.2) is 39.2 Å². The molecule has 6 heteroatoms. The first-order chi connectivity index (χ1) is 14.5. The van der Waals surface area contributed by atoms with Crippen molar-refractivity contribution < 1.29 is 23.8 Å². The lowest BCUT2D eigenvalue weighted by Gasteiger charge is -2.56. The van der Waals surface area contributed by atoms with Gasteiger partial charge < -0.3 is 19.5 Å². The summed E-state index contributed by atoms with van der Waals surface area (Å²) in [6.45, 7) is 0.453. The lowest BCUT2D eigenvalue weighted by atomic mass is 9.49. The summed E-state index contributed by atoms with van der Waals surface area (Å²) in [6.07, 6.45) is 10.8. The van der Waals surface area contributed by atoms with Crippen LogP contribution in [0, 0.1) is 23.2 Å². The van der Waals surface area contributed by atoms with Crippen molar-refractivity contribution in [2.24, 2.45) is 23.2 Å². The van der Waals surface area contributed by atoms with E-state index in [1.54, 1.807) is 38.5 Å². The minimum absolute atomic E-state index is 0.230. The highest BCUT2D eigenvalue weighted by atomic mass is 16.5. The van der Waals surface area contributed by atoms with Gasteiger partial charge in [-0.25, -0.2) is 4.79 Å². The van der Waals surface area contributed by atoms with Gasteiger partial charge >= 0.3 is 5.97 Å². The second kappa shape index (κ2) is 8.70. The summed E-state index contributed by atoms with van der Waals surface area (Å²) in [5.41, 5.74) is 0.970. The molecule has 4 aliphatic carbocycles. The van der Waals surface area contributed by atoms with Crippen molar-refractivity contribution >= 4 is 18.0 Å². The fourth-order valence-corrected chi connectivity index (χ4v) is 6.16. The maximum atomic E-state index is 12.2. The number of methoxy groups -OCH3 is 2. The number of amides is 1. The van der Waals surface area contributed by atoms with Crippen LogP contribution in [0.1, 0.15) is 44.1 Å². The normalized spacial score (nSPS) is 29.1. The molecular formula is C24H31NO5. The second-order valence-corrected chi connectivity index (χ2v) is 9.24. The molecule has 1 aromatic carbocycles. The average molecular weight is 414 g/mol. The number of hydrogen-bond donors (Lipinski definition) is 1. The first kappa shape index (κ1) is 20.8. The summed E-state index contributed by atoms with van der Waals surface area (Å²) in [4.78, 5) is 24.3. The highest BCUT2D eigenvalue weighted by molar-refractivity contribution is 5.89. The Morgan fingerprint density at radius 1 is 1.07 bits per heavy atom. The molecule has 6 nitrogen and oxygen atoms in total. The molecule has 162 valence electrons. The van der Waals surface area contributed by atoms with Crippen molar-refractivity contribution in [3.05, 3.63) is 29.8 Å². The van der Waals surface area contributed by atoms with Gasteiger partial charge in [0.1, 0.15) is 11.5 Å². The summed E-state index contributed by atoms with van der Waals surface area (Å²) in [6, 6.07) is 5.31. The zero-order valence-electron chi connectivity index (χ0n) is 17.8. The molecule has 1 aromatic rings. The predicted octanol–water partition coefficient (Wildman–Crippen LogP) is 3.59. The van der Waals surface area contributed by atoms with Gasteiger partial charge in [0.05, 0.1) is 14.2 Å². The Morgan fingerprint density at radius 2 is 1.73 bits per heavy atom. The van der Waals surface area contributed by atoms with Gasteiger partial charge in [-0.3, -0.25) is 4.79 Å². The Balaban J connectivity index is 1.24. The number of ether oxygens (including phenoxy) is 3. The fourth-order valence-electron chi connectivity index (χ4n) is 6.16. The number of carbonyl (C=O) groups is 2. The summed E-state index contributed by atoms with van der Waals surface area (Å²) in [5.74, 6) is 3.04. The largest absolute Gasteiger partial charge is 0.497 e. The summed E-state index contributed by atoms with van der Waals surface area (Å²) >= 11 is 0. The first-order valence-corrected chi connectivity index (χ1v) is 10.8. The fraction of sp³-hybridized carbons (Fsp3) is 0.583. The van der Waals surface area contributed by atoms with Gasteiger partial charge in [0.2, 0.25) is 0 Å². The monoisotopic (exact) mass is 413 g/mol. The number of rotatable bonds is 8. The third-order valence-corrected chi connectivity index (χ3v) is 7.01. The highest BCUT2D eigenvalue weighted by Gasteiger charge is 2.50. The van der Waals surface area contributed by atoms with Gasteiger partial charge in [-0.2, -0.15) is 0 Å². The Hall–Kier alpha value is -2.50. The van der Waals surface area contributed by atoms with E-state index in [2.05, 4.69) is 5.32 Å². The van der Waals surface area contributed by atoms with Gasteiger partial charge in [0, 0.05) is 18.2 Å². The van der Waals surface area contributed by atoms with Crippen LogP contribution in [0.5, 0.6) is 11.5 Å². The molecule has 4 saturated carbocycles. The maximum Gasteiger partial charge on any atom is 0.331 e. The molecule has 0 unspecified atom stereocenters. The molecule has 1 amide bonds.